The predicted octanol–water partition coefficient (Wildman–Crippen LogP) is 3.17. The second kappa shape index (κ2) is 8.73. The Balaban J connectivity index is 1.94. The summed E-state index contributed by atoms with van der Waals surface area (Å²) in [5, 5.41) is 2.92. The third-order valence-corrected chi connectivity index (χ3v) is 4.39. The van der Waals surface area contributed by atoms with Crippen molar-refractivity contribution in [1.82, 2.24) is 4.90 Å². The Labute approximate surface area is 151 Å². The van der Waals surface area contributed by atoms with E-state index in [2.05, 4.69) is 5.32 Å². The Bertz CT molecular complexity index is 757. The van der Waals surface area contributed by atoms with E-state index >= 15 is 0 Å². The Kier molecular flexibility index (Phi) is 6.66. The number of thioether (sulfide) groups is 1. The molecule has 1 aromatic heterocycles. The first-order valence-corrected chi connectivity index (χ1v) is 8.96. The number of aryl methyl sites for hydroxylation is 1. The maximum atomic E-state index is 12.2. The van der Waals surface area contributed by atoms with Gasteiger partial charge in [0.15, 0.2) is 0 Å². The molecular formula is C18H22N2O4S. The Morgan fingerprint density at radius 1 is 1.32 bits per heavy atom. The van der Waals surface area contributed by atoms with E-state index < -0.39 is 5.97 Å². The van der Waals surface area contributed by atoms with Crippen molar-refractivity contribution in [3.05, 3.63) is 47.4 Å². The van der Waals surface area contributed by atoms with Crippen LogP contribution in [0.5, 0.6) is 0 Å². The zero-order valence-corrected chi connectivity index (χ0v) is 15.6. The van der Waals surface area contributed by atoms with E-state index in [1.54, 1.807) is 24.8 Å². The number of methoxy groups -OCH3 is 1. The summed E-state index contributed by atoms with van der Waals surface area (Å²) in [6.45, 7) is 2.33. The summed E-state index contributed by atoms with van der Waals surface area (Å²) in [6, 6.07) is 9.32. The van der Waals surface area contributed by atoms with Gasteiger partial charge in [-0.3, -0.25) is 9.69 Å². The van der Waals surface area contributed by atoms with E-state index in [9.17, 15) is 9.59 Å². The second-order valence-corrected chi connectivity index (χ2v) is 6.44. The quantitative estimate of drug-likeness (QED) is 0.602. The molecule has 6 nitrogen and oxygen atoms in total. The Morgan fingerprint density at radius 2 is 2.04 bits per heavy atom. The van der Waals surface area contributed by atoms with Gasteiger partial charge in [0.05, 0.1) is 25.9 Å². The molecule has 0 unspecified atom stereocenters. The molecule has 0 saturated heterocycles. The molecule has 0 aliphatic rings. The summed E-state index contributed by atoms with van der Waals surface area (Å²) in [7, 11) is 3.15. The number of nitrogens with zero attached hydrogens (tertiary/aromatic N) is 1. The van der Waals surface area contributed by atoms with Crippen LogP contribution < -0.4 is 5.32 Å². The number of carbonyl (C=O) groups excluding carboxylic acids is 2. The minimum atomic E-state index is -0.429. The number of furan rings is 1. The van der Waals surface area contributed by atoms with Crippen molar-refractivity contribution < 1.29 is 18.7 Å². The molecule has 0 aliphatic heterocycles. The van der Waals surface area contributed by atoms with Crippen LogP contribution in [0.2, 0.25) is 0 Å². The first kappa shape index (κ1) is 19.1. The number of anilines is 1. The van der Waals surface area contributed by atoms with Gasteiger partial charge in [-0.1, -0.05) is 12.1 Å². The minimum absolute atomic E-state index is 0.111. The van der Waals surface area contributed by atoms with Crippen molar-refractivity contribution in [2.24, 2.45) is 0 Å². The number of nitrogens with one attached hydrogen (secondary N) is 1. The lowest BCUT2D eigenvalue weighted by Gasteiger charge is -2.15. The molecule has 0 radical (unpaired) electrons. The van der Waals surface area contributed by atoms with Crippen LogP contribution in [0.1, 0.15) is 21.9 Å². The smallest absolute Gasteiger partial charge is 0.341 e. The maximum Gasteiger partial charge on any atom is 0.341 e. The van der Waals surface area contributed by atoms with Crippen molar-refractivity contribution in [3.63, 3.8) is 0 Å². The van der Waals surface area contributed by atoms with Gasteiger partial charge in [-0.2, -0.15) is 0 Å². The summed E-state index contributed by atoms with van der Waals surface area (Å²) in [5.74, 6) is 0.577. The third kappa shape index (κ3) is 5.11. The van der Waals surface area contributed by atoms with Gasteiger partial charge in [0, 0.05) is 4.90 Å². The highest BCUT2D eigenvalue weighted by Gasteiger charge is 2.17. The highest BCUT2D eigenvalue weighted by Crippen LogP contribution is 2.24. The number of para-hydroxylation sites is 1. The van der Waals surface area contributed by atoms with Crippen molar-refractivity contribution in [1.29, 1.82) is 0 Å². The number of ether oxygens (including phenoxy) is 1. The number of benzene rings is 1. The Hall–Kier alpha value is -2.25. The van der Waals surface area contributed by atoms with Crippen molar-refractivity contribution >= 4 is 29.3 Å². The van der Waals surface area contributed by atoms with Gasteiger partial charge < -0.3 is 14.5 Å². The van der Waals surface area contributed by atoms with Crippen LogP contribution in [0, 0.1) is 6.92 Å². The summed E-state index contributed by atoms with van der Waals surface area (Å²) in [6.07, 6.45) is 1.97. The van der Waals surface area contributed by atoms with Crippen LogP contribution in [-0.4, -0.2) is 43.7 Å². The van der Waals surface area contributed by atoms with Crippen LogP contribution >= 0.6 is 11.8 Å². The molecular weight excluding hydrogens is 340 g/mol. The summed E-state index contributed by atoms with van der Waals surface area (Å²) in [5.41, 5.74) is 1.21. The van der Waals surface area contributed by atoms with E-state index in [4.69, 9.17) is 9.15 Å². The topological polar surface area (TPSA) is 71.8 Å². The number of carbonyl (C=O) groups is 2. The average molecular weight is 362 g/mol. The zero-order valence-electron chi connectivity index (χ0n) is 14.8. The first-order valence-electron chi connectivity index (χ1n) is 7.73. The Morgan fingerprint density at radius 3 is 2.72 bits per heavy atom. The lowest BCUT2D eigenvalue weighted by atomic mass is 10.2. The molecule has 134 valence electrons. The molecule has 0 aliphatic carbocycles. The fraction of sp³-hybridized carbons (Fsp3) is 0.333. The molecule has 1 heterocycles. The van der Waals surface area contributed by atoms with Crippen molar-refractivity contribution in [2.45, 2.75) is 18.4 Å². The van der Waals surface area contributed by atoms with Gasteiger partial charge in [0.1, 0.15) is 17.1 Å². The van der Waals surface area contributed by atoms with Crippen molar-refractivity contribution in [2.75, 3.05) is 32.3 Å². The highest BCUT2D eigenvalue weighted by atomic mass is 32.2. The maximum absolute atomic E-state index is 12.2. The average Bonchev–Trinajstić information content (AvgIpc) is 2.94. The van der Waals surface area contributed by atoms with Crippen LogP contribution in [0.3, 0.4) is 0 Å². The molecule has 0 saturated carbocycles. The molecule has 0 atom stereocenters. The number of hydrogen-bond acceptors (Lipinski definition) is 6. The van der Waals surface area contributed by atoms with E-state index in [0.29, 0.717) is 23.6 Å². The normalized spacial score (nSPS) is 10.8. The van der Waals surface area contributed by atoms with E-state index in [1.807, 2.05) is 42.5 Å². The molecule has 25 heavy (non-hydrogen) atoms. The third-order valence-electron chi connectivity index (χ3n) is 3.59. The van der Waals surface area contributed by atoms with Crippen LogP contribution in [0.4, 0.5) is 5.69 Å². The van der Waals surface area contributed by atoms with Crippen LogP contribution in [0.25, 0.3) is 0 Å². The molecule has 7 heteroatoms. The number of likely N-dealkylation sites (N-methyl/N-ethyl adjacent to an activating group) is 1. The van der Waals surface area contributed by atoms with Crippen molar-refractivity contribution in [3.8, 4) is 0 Å². The van der Waals surface area contributed by atoms with Gasteiger partial charge in [-0.15, -0.1) is 11.8 Å². The zero-order chi connectivity index (χ0) is 18.4. The van der Waals surface area contributed by atoms with Crippen LogP contribution in [-0.2, 0) is 16.1 Å². The minimum Gasteiger partial charge on any atom is -0.465 e. The molecule has 1 amide bonds. The van der Waals surface area contributed by atoms with Gasteiger partial charge in [-0.05, 0) is 38.4 Å². The molecule has 1 N–H and O–H groups in total. The van der Waals surface area contributed by atoms with Gasteiger partial charge in [0.25, 0.3) is 0 Å². The monoisotopic (exact) mass is 362 g/mol. The molecule has 0 spiro atoms. The summed E-state index contributed by atoms with van der Waals surface area (Å²) >= 11 is 1.58. The van der Waals surface area contributed by atoms with E-state index in [1.165, 1.54) is 7.11 Å². The SMILES string of the molecule is COC(=O)c1cc(CN(C)CC(=O)Nc2ccccc2SC)oc1C. The fourth-order valence-electron chi connectivity index (χ4n) is 2.44. The predicted molar refractivity (Wildman–Crippen MR) is 98.0 cm³/mol. The summed E-state index contributed by atoms with van der Waals surface area (Å²) in [4.78, 5) is 26.7. The fourth-order valence-corrected chi connectivity index (χ4v) is 2.99. The largest absolute Gasteiger partial charge is 0.465 e. The summed E-state index contributed by atoms with van der Waals surface area (Å²) < 4.78 is 10.3. The second-order valence-electron chi connectivity index (χ2n) is 5.59. The molecule has 0 fully saturated rings. The standard InChI is InChI=1S/C18H22N2O4S/c1-12-14(18(22)23-3)9-13(24-12)10-20(2)11-17(21)19-15-7-5-6-8-16(15)25-4/h5-9H,10-11H2,1-4H3,(H,19,21). The van der Waals surface area contributed by atoms with Gasteiger partial charge in [0.2, 0.25) is 5.91 Å². The molecule has 0 bridgehead atoms. The van der Waals surface area contributed by atoms with Gasteiger partial charge >= 0.3 is 5.97 Å². The number of rotatable bonds is 7. The lowest BCUT2D eigenvalue weighted by Crippen LogP contribution is -2.29. The molecule has 2 aromatic rings. The van der Waals surface area contributed by atoms with E-state index in [0.717, 1.165) is 10.6 Å². The number of amides is 1. The number of hydrogen-bond donors (Lipinski definition) is 1. The van der Waals surface area contributed by atoms with Crippen LogP contribution in [0.15, 0.2) is 39.6 Å². The number of esters is 1. The van der Waals surface area contributed by atoms with E-state index in [-0.39, 0.29) is 12.5 Å². The molecule has 2 rings (SSSR count). The van der Waals surface area contributed by atoms with Gasteiger partial charge in [-0.25, -0.2) is 4.79 Å². The first-order chi connectivity index (χ1) is 11.9. The highest BCUT2D eigenvalue weighted by molar-refractivity contribution is 7.98. The lowest BCUT2D eigenvalue weighted by molar-refractivity contribution is -0.117. The molecule has 1 aromatic carbocycles.